The molecule has 0 aliphatic carbocycles. The lowest BCUT2D eigenvalue weighted by Crippen LogP contribution is -2.02. The first-order valence-electron chi connectivity index (χ1n) is 16.5. The summed E-state index contributed by atoms with van der Waals surface area (Å²) in [6.45, 7) is 9.73. The van der Waals surface area contributed by atoms with Crippen LogP contribution in [0.25, 0.3) is 0 Å². The molecule has 0 nitrogen and oxygen atoms in total. The van der Waals surface area contributed by atoms with Gasteiger partial charge in [0, 0.05) is 13.9 Å². The second-order valence-corrected chi connectivity index (χ2v) is 16.8. The Kier molecular flexibility index (Phi) is 28.4. The normalized spacial score (nSPS) is 12.0. The summed E-state index contributed by atoms with van der Waals surface area (Å²) in [6.07, 6.45) is 43.1. The number of unbranched alkanes of at least 4 members (excludes halogenated alkanes) is 25. The van der Waals surface area contributed by atoms with E-state index in [-0.39, 0.29) is 0 Å². The van der Waals surface area contributed by atoms with Crippen molar-refractivity contribution in [1.82, 2.24) is 0 Å². The fraction of sp³-hybridized carbons (Fsp3) is 1.00. The molecule has 0 bridgehead atoms. The molecule has 206 valence electrons. The van der Waals surface area contributed by atoms with Crippen LogP contribution in [-0.2, 0) is 0 Å². The third-order valence-electron chi connectivity index (χ3n) is 8.58. The van der Waals surface area contributed by atoms with E-state index in [0.717, 1.165) is 0 Å². The van der Waals surface area contributed by atoms with Crippen molar-refractivity contribution in [3.05, 3.63) is 0 Å². The van der Waals surface area contributed by atoms with E-state index in [1.165, 1.54) is 179 Å². The minimum atomic E-state index is -0.531. The van der Waals surface area contributed by atoms with Gasteiger partial charge in [-0.15, -0.1) is 0 Å². The van der Waals surface area contributed by atoms with Gasteiger partial charge in [-0.3, -0.25) is 0 Å². The fourth-order valence-electron chi connectivity index (χ4n) is 5.35. The molecule has 0 saturated carbocycles. The van der Waals surface area contributed by atoms with Gasteiger partial charge in [-0.05, 0) is 26.7 Å². The first-order chi connectivity index (χ1) is 16.7. The first-order valence-corrected chi connectivity index (χ1v) is 19.3. The van der Waals surface area contributed by atoms with Crippen LogP contribution >= 0.6 is 7.26 Å². The zero-order valence-corrected chi connectivity index (χ0v) is 25.8. The minimum Gasteiger partial charge on any atom is -0.0654 e. The molecule has 0 aromatic heterocycles. The Morgan fingerprint density at radius 1 is 0.294 bits per heavy atom. The molecular weight excluding hydrogens is 427 g/mol. The van der Waals surface area contributed by atoms with E-state index >= 15 is 0 Å². The average molecular weight is 498 g/mol. The minimum absolute atomic E-state index is 0.531. The quantitative estimate of drug-likeness (QED) is 0.0711. The number of hydrogen-bond acceptors (Lipinski definition) is 0. The van der Waals surface area contributed by atoms with Gasteiger partial charge >= 0.3 is 0 Å². The summed E-state index contributed by atoms with van der Waals surface area (Å²) < 4.78 is 0. The Labute approximate surface area is 220 Å². The Bertz CT molecular complexity index is 360. The SMILES string of the molecule is CCCCCCCCCCCCCCCCCCCCCCCCCCCC[P+](C)(CC)CC. The molecule has 0 saturated heterocycles. The highest BCUT2D eigenvalue weighted by molar-refractivity contribution is 7.75. The maximum Gasteiger partial charge on any atom is 0.0591 e. The molecule has 0 fully saturated rings. The Balaban J connectivity index is 3.09. The summed E-state index contributed by atoms with van der Waals surface area (Å²) >= 11 is 0. The van der Waals surface area contributed by atoms with Gasteiger partial charge in [0.25, 0.3) is 0 Å². The second-order valence-electron chi connectivity index (χ2n) is 11.8. The van der Waals surface area contributed by atoms with Crippen LogP contribution in [0.4, 0.5) is 0 Å². The van der Waals surface area contributed by atoms with E-state index in [1.807, 2.05) is 0 Å². The lowest BCUT2D eigenvalue weighted by Gasteiger charge is -2.19. The van der Waals surface area contributed by atoms with E-state index in [9.17, 15) is 0 Å². The summed E-state index contributed by atoms with van der Waals surface area (Å²) in [6, 6.07) is 0. The van der Waals surface area contributed by atoms with Crippen molar-refractivity contribution in [2.24, 2.45) is 0 Å². The van der Waals surface area contributed by atoms with Crippen molar-refractivity contribution in [3.63, 3.8) is 0 Å². The maximum absolute atomic E-state index is 2.59. The predicted octanol–water partition coefficient (Wildman–Crippen LogP) is 12.8. The monoisotopic (exact) mass is 498 g/mol. The summed E-state index contributed by atoms with van der Waals surface area (Å²) in [5.74, 6) is 0. The van der Waals surface area contributed by atoms with Crippen LogP contribution in [-0.4, -0.2) is 25.2 Å². The van der Waals surface area contributed by atoms with E-state index in [2.05, 4.69) is 27.4 Å². The molecule has 0 rings (SSSR count). The first kappa shape index (κ1) is 34.4. The highest BCUT2D eigenvalue weighted by Gasteiger charge is 2.25. The second kappa shape index (κ2) is 28.0. The van der Waals surface area contributed by atoms with Gasteiger partial charge < -0.3 is 0 Å². The van der Waals surface area contributed by atoms with Crippen LogP contribution in [0.5, 0.6) is 0 Å². The van der Waals surface area contributed by atoms with E-state index < -0.39 is 7.26 Å². The van der Waals surface area contributed by atoms with Gasteiger partial charge in [0.15, 0.2) is 0 Å². The van der Waals surface area contributed by atoms with Gasteiger partial charge in [0.1, 0.15) is 0 Å². The molecule has 0 aromatic rings. The van der Waals surface area contributed by atoms with E-state index in [1.54, 1.807) is 6.16 Å². The van der Waals surface area contributed by atoms with Gasteiger partial charge in [-0.25, -0.2) is 0 Å². The van der Waals surface area contributed by atoms with Crippen molar-refractivity contribution in [1.29, 1.82) is 0 Å². The molecule has 0 atom stereocenters. The number of hydrogen-bond donors (Lipinski definition) is 0. The number of rotatable bonds is 29. The summed E-state index contributed by atoms with van der Waals surface area (Å²) in [4.78, 5) is 0. The molecule has 0 radical (unpaired) electrons. The molecule has 1 heteroatoms. The van der Waals surface area contributed by atoms with Crippen LogP contribution in [0.1, 0.15) is 188 Å². The van der Waals surface area contributed by atoms with E-state index in [0.29, 0.717) is 0 Å². The van der Waals surface area contributed by atoms with Crippen LogP contribution < -0.4 is 0 Å². The third kappa shape index (κ3) is 25.5. The van der Waals surface area contributed by atoms with Crippen LogP contribution in [0.3, 0.4) is 0 Å². The Morgan fingerprint density at radius 2 is 0.500 bits per heavy atom. The standard InChI is InChI=1S/C33H70P/c1-5-8-9-10-11-12-13-14-15-16-17-18-19-20-21-22-23-24-25-26-27-28-29-30-31-32-33-34(4,6-2)7-3/h5-33H2,1-4H3/q+1. The molecule has 0 aromatic carbocycles. The summed E-state index contributed by atoms with van der Waals surface area (Å²) in [7, 11) is -0.531. The van der Waals surface area contributed by atoms with Crippen molar-refractivity contribution in [2.75, 3.05) is 25.2 Å². The largest absolute Gasteiger partial charge is 0.0654 e. The fourth-order valence-corrected chi connectivity index (χ4v) is 7.42. The summed E-state index contributed by atoms with van der Waals surface area (Å²) in [5.41, 5.74) is 0. The lowest BCUT2D eigenvalue weighted by atomic mass is 10.0. The third-order valence-corrected chi connectivity index (χ3v) is 13.0. The molecule has 34 heavy (non-hydrogen) atoms. The molecule has 0 amide bonds. The average Bonchev–Trinajstić information content (AvgIpc) is 2.86. The van der Waals surface area contributed by atoms with Crippen LogP contribution in [0.2, 0.25) is 0 Å². The zero-order chi connectivity index (χ0) is 25.0. The topological polar surface area (TPSA) is 0 Å². The summed E-state index contributed by atoms with van der Waals surface area (Å²) in [5, 5.41) is 0. The van der Waals surface area contributed by atoms with Crippen molar-refractivity contribution < 1.29 is 0 Å². The highest BCUT2D eigenvalue weighted by atomic mass is 31.2. The van der Waals surface area contributed by atoms with Gasteiger partial charge in [0.05, 0.1) is 18.5 Å². The zero-order valence-electron chi connectivity index (χ0n) is 25.0. The molecular formula is C33H70P+. The lowest BCUT2D eigenvalue weighted by molar-refractivity contribution is 0.516. The van der Waals surface area contributed by atoms with Crippen LogP contribution in [0.15, 0.2) is 0 Å². The van der Waals surface area contributed by atoms with Gasteiger partial charge in [-0.1, -0.05) is 161 Å². The highest BCUT2D eigenvalue weighted by Crippen LogP contribution is 2.54. The smallest absolute Gasteiger partial charge is 0.0591 e. The molecule has 0 aliphatic rings. The van der Waals surface area contributed by atoms with Gasteiger partial charge in [0.2, 0.25) is 0 Å². The maximum atomic E-state index is 2.59. The molecule has 0 heterocycles. The van der Waals surface area contributed by atoms with Crippen molar-refractivity contribution >= 4 is 7.26 Å². The Morgan fingerprint density at radius 3 is 0.706 bits per heavy atom. The molecule has 0 unspecified atom stereocenters. The predicted molar refractivity (Wildman–Crippen MR) is 165 cm³/mol. The molecule has 0 N–H and O–H groups in total. The van der Waals surface area contributed by atoms with Crippen molar-refractivity contribution in [3.8, 4) is 0 Å². The van der Waals surface area contributed by atoms with Crippen LogP contribution in [0, 0.1) is 0 Å². The molecule has 0 aliphatic heterocycles. The molecule has 0 spiro atoms. The van der Waals surface area contributed by atoms with Crippen molar-refractivity contribution in [2.45, 2.75) is 188 Å². The Hall–Kier alpha value is 0.430. The van der Waals surface area contributed by atoms with Gasteiger partial charge in [-0.2, -0.15) is 0 Å². The van der Waals surface area contributed by atoms with E-state index in [4.69, 9.17) is 0 Å².